The number of imide groups is 2. The number of halogens is 1. The van der Waals surface area contributed by atoms with Crippen LogP contribution in [0.25, 0.3) is 0 Å². The summed E-state index contributed by atoms with van der Waals surface area (Å²) < 4.78 is 24.6. The molecule has 3 N–H and O–H groups in total. The van der Waals surface area contributed by atoms with Crippen molar-refractivity contribution >= 4 is 88.3 Å². The van der Waals surface area contributed by atoms with Gasteiger partial charge in [-0.05, 0) is 88.9 Å². The highest BCUT2D eigenvalue weighted by molar-refractivity contribution is 7.99. The molecule has 1 aromatic heterocycles. The van der Waals surface area contributed by atoms with Crippen LogP contribution in [-0.4, -0.2) is 122 Å². The van der Waals surface area contributed by atoms with Gasteiger partial charge in [0.15, 0.2) is 5.82 Å². The van der Waals surface area contributed by atoms with E-state index in [1.165, 1.54) is 18.0 Å². The van der Waals surface area contributed by atoms with E-state index in [-0.39, 0.29) is 12.8 Å². The Labute approximate surface area is 371 Å². The third-order valence-electron chi connectivity index (χ3n) is 11.3. The standard InChI is InChI=1S/C44H52ClN8O7PS/c1-51(20-8-23-60-24-9-25-62-37-13-7-10-30-39(37)43(57)53(42(30)56)34-16-17-38(54)49-41(34)55)28-18-21-52(22-19-28)29-14-15-32(35(26-29)59-2)48-44-46-27-31(45)40(50-44)47-33-11-5-6-12-36(33)61(3,4)58/h5-7,10-15,26-28,34H,8-9,16-25H2,1-4H3,(H,49,54,55)(H2,46,47,48,50). The van der Waals surface area contributed by atoms with Crippen LogP contribution in [0.3, 0.4) is 0 Å². The molecule has 3 aliphatic heterocycles. The van der Waals surface area contributed by atoms with Gasteiger partial charge in [-0.3, -0.25) is 29.4 Å². The number of amides is 4. The van der Waals surface area contributed by atoms with Crippen LogP contribution in [0.5, 0.6) is 5.75 Å². The van der Waals surface area contributed by atoms with E-state index >= 15 is 0 Å². The minimum Gasteiger partial charge on any atom is -0.494 e. The SMILES string of the molecule is COc1cc(N2CCC(N(C)CCCOCCCSc3cccc4c3C(=O)N(C3CCC(=O)NC3=O)C4=O)CC2)ccc1Nc1ncc(Cl)c(Nc2ccccc2P(C)(C)=O)n1. The van der Waals surface area contributed by atoms with Crippen molar-refractivity contribution in [2.24, 2.45) is 0 Å². The van der Waals surface area contributed by atoms with Crippen LogP contribution in [0.4, 0.5) is 28.8 Å². The first-order chi connectivity index (χ1) is 29.8. The first-order valence-corrected chi connectivity index (χ1v) is 24.7. The van der Waals surface area contributed by atoms with E-state index in [1.807, 2.05) is 42.5 Å². The van der Waals surface area contributed by atoms with E-state index in [1.54, 1.807) is 32.6 Å². The van der Waals surface area contributed by atoms with E-state index in [4.69, 9.17) is 21.1 Å². The van der Waals surface area contributed by atoms with Crippen molar-refractivity contribution in [3.8, 4) is 5.75 Å². The minimum absolute atomic E-state index is 0.0852. The van der Waals surface area contributed by atoms with Crippen molar-refractivity contribution in [2.45, 2.75) is 55.5 Å². The van der Waals surface area contributed by atoms with Gasteiger partial charge in [0.1, 0.15) is 24.0 Å². The summed E-state index contributed by atoms with van der Waals surface area (Å²) in [5.74, 6) is 0.0875. The fourth-order valence-electron chi connectivity index (χ4n) is 8.00. The average molecular weight is 903 g/mol. The number of fused-ring (bicyclic) bond motifs is 1. The van der Waals surface area contributed by atoms with Gasteiger partial charge in [0.2, 0.25) is 17.8 Å². The van der Waals surface area contributed by atoms with Gasteiger partial charge < -0.3 is 34.5 Å². The van der Waals surface area contributed by atoms with Crippen LogP contribution in [0.15, 0.2) is 71.8 Å². The maximum atomic E-state index is 13.4. The lowest BCUT2D eigenvalue weighted by Gasteiger charge is -2.38. The number of benzene rings is 3. The number of para-hydroxylation sites is 1. The summed E-state index contributed by atoms with van der Waals surface area (Å²) in [4.78, 5) is 66.0. The number of thioether (sulfide) groups is 1. The number of ether oxygens (including phenoxy) is 2. The molecule has 2 saturated heterocycles. The fourth-order valence-corrected chi connectivity index (χ4v) is 10.3. The first-order valence-electron chi connectivity index (χ1n) is 20.7. The largest absolute Gasteiger partial charge is 0.494 e. The molecule has 0 spiro atoms. The quantitative estimate of drug-likeness (QED) is 0.0413. The minimum atomic E-state index is -2.55. The smallest absolute Gasteiger partial charge is 0.263 e. The van der Waals surface area contributed by atoms with Crippen molar-refractivity contribution < 1.29 is 33.2 Å². The molecule has 0 aliphatic carbocycles. The molecule has 3 aromatic carbocycles. The molecule has 1 atom stereocenters. The normalized spacial score (nSPS) is 17.1. The molecular weight excluding hydrogens is 851 g/mol. The van der Waals surface area contributed by atoms with Crippen LogP contribution in [0, 0.1) is 0 Å². The summed E-state index contributed by atoms with van der Waals surface area (Å²) in [5, 5.41) is 9.78. The summed E-state index contributed by atoms with van der Waals surface area (Å²) in [6, 6.07) is 18.2. The third kappa shape index (κ3) is 10.4. The molecule has 0 radical (unpaired) electrons. The number of hydrogen-bond acceptors (Lipinski definition) is 14. The molecule has 62 heavy (non-hydrogen) atoms. The zero-order valence-corrected chi connectivity index (χ0v) is 37.8. The molecule has 2 fully saturated rings. The Balaban J connectivity index is 0.820. The molecule has 1 unspecified atom stereocenters. The Morgan fingerprint density at radius 3 is 2.48 bits per heavy atom. The van der Waals surface area contributed by atoms with Crippen molar-refractivity contribution in [3.05, 3.63) is 83.0 Å². The molecule has 4 heterocycles. The lowest BCUT2D eigenvalue weighted by Crippen LogP contribution is -2.54. The Morgan fingerprint density at radius 1 is 0.952 bits per heavy atom. The molecule has 4 aromatic rings. The highest BCUT2D eigenvalue weighted by atomic mass is 35.5. The zero-order valence-electron chi connectivity index (χ0n) is 35.3. The molecule has 3 aliphatic rings. The van der Waals surface area contributed by atoms with Gasteiger partial charge in [0.25, 0.3) is 11.8 Å². The number of carbonyl (C=O) groups is 4. The van der Waals surface area contributed by atoms with E-state index in [0.29, 0.717) is 80.2 Å². The van der Waals surface area contributed by atoms with Crippen LogP contribution in [-0.2, 0) is 18.9 Å². The number of carbonyl (C=O) groups excluding carboxylic acids is 4. The summed E-state index contributed by atoms with van der Waals surface area (Å²) in [7, 11) is 1.26. The summed E-state index contributed by atoms with van der Waals surface area (Å²) >= 11 is 7.97. The number of hydrogen-bond donors (Lipinski definition) is 3. The van der Waals surface area contributed by atoms with E-state index in [0.717, 1.165) is 55.9 Å². The second-order valence-electron chi connectivity index (χ2n) is 15.9. The van der Waals surface area contributed by atoms with E-state index < -0.39 is 36.8 Å². The highest BCUT2D eigenvalue weighted by Crippen LogP contribution is 2.39. The Morgan fingerprint density at radius 2 is 1.73 bits per heavy atom. The number of methoxy groups -OCH3 is 1. The van der Waals surface area contributed by atoms with Crippen molar-refractivity contribution in [2.75, 3.05) is 81.6 Å². The van der Waals surface area contributed by atoms with Crippen molar-refractivity contribution in [3.63, 3.8) is 0 Å². The number of nitrogens with zero attached hydrogens (tertiary/aromatic N) is 5. The van der Waals surface area contributed by atoms with Gasteiger partial charge in [0, 0.05) is 73.0 Å². The van der Waals surface area contributed by atoms with Gasteiger partial charge in [-0.1, -0.05) is 29.8 Å². The maximum Gasteiger partial charge on any atom is 0.263 e. The fraction of sp³-hybridized carbons (Fsp3) is 0.409. The van der Waals surface area contributed by atoms with Crippen molar-refractivity contribution in [1.29, 1.82) is 0 Å². The van der Waals surface area contributed by atoms with Crippen LogP contribution >= 0.6 is 30.5 Å². The number of nitrogens with one attached hydrogen (secondary N) is 3. The molecular formula is C44H52ClN8O7PS. The lowest BCUT2D eigenvalue weighted by molar-refractivity contribution is -0.136. The van der Waals surface area contributed by atoms with Gasteiger partial charge >= 0.3 is 0 Å². The number of aromatic nitrogens is 2. The number of anilines is 5. The third-order valence-corrected chi connectivity index (χ3v) is 14.3. The monoisotopic (exact) mass is 902 g/mol. The summed E-state index contributed by atoms with van der Waals surface area (Å²) in [6.45, 7) is 7.44. The molecule has 15 nitrogen and oxygen atoms in total. The highest BCUT2D eigenvalue weighted by Gasteiger charge is 2.45. The molecule has 7 rings (SSSR count). The predicted octanol–water partition coefficient (Wildman–Crippen LogP) is 6.76. The maximum absolute atomic E-state index is 13.4. The molecule has 18 heteroatoms. The van der Waals surface area contributed by atoms with Gasteiger partial charge in [-0.15, -0.1) is 11.8 Å². The van der Waals surface area contributed by atoms with Gasteiger partial charge in [-0.2, -0.15) is 4.98 Å². The van der Waals surface area contributed by atoms with Gasteiger partial charge in [-0.25, -0.2) is 4.98 Å². The summed E-state index contributed by atoms with van der Waals surface area (Å²) in [6.07, 6.45) is 5.48. The summed E-state index contributed by atoms with van der Waals surface area (Å²) in [5.41, 5.74) is 3.08. The first kappa shape index (κ1) is 45.0. The second kappa shape index (κ2) is 20.0. The Bertz CT molecular complexity index is 2380. The average Bonchev–Trinajstić information content (AvgIpc) is 3.51. The Hall–Kier alpha value is -4.99. The predicted molar refractivity (Wildman–Crippen MR) is 244 cm³/mol. The van der Waals surface area contributed by atoms with Crippen LogP contribution in [0.2, 0.25) is 5.02 Å². The topological polar surface area (TPSA) is 175 Å². The Kier molecular flexibility index (Phi) is 14.5. The second-order valence-corrected chi connectivity index (χ2v) is 20.6. The molecule has 328 valence electrons. The molecule has 4 amide bonds. The molecule has 0 bridgehead atoms. The number of rotatable bonds is 18. The lowest BCUT2D eigenvalue weighted by atomic mass is 10.0. The van der Waals surface area contributed by atoms with Gasteiger partial charge in [0.05, 0.1) is 35.8 Å². The number of piperidine rings is 2. The van der Waals surface area contributed by atoms with Crippen LogP contribution < -0.4 is 30.9 Å². The zero-order chi connectivity index (χ0) is 44.0. The van der Waals surface area contributed by atoms with E-state index in [9.17, 15) is 23.7 Å². The van der Waals surface area contributed by atoms with Crippen LogP contribution in [0.1, 0.15) is 59.2 Å². The van der Waals surface area contributed by atoms with E-state index in [2.05, 4.69) is 48.8 Å². The molecule has 0 saturated carbocycles. The van der Waals surface area contributed by atoms with Crippen molar-refractivity contribution in [1.82, 2.24) is 25.1 Å².